The number of carbonyl (C=O) groups excluding carboxylic acids is 1. The number of carboxylic acids is 1. The van der Waals surface area contributed by atoms with Crippen molar-refractivity contribution in [1.82, 2.24) is 5.32 Å². The molecule has 0 aliphatic heterocycles. The molecule has 0 aromatic heterocycles. The van der Waals surface area contributed by atoms with E-state index in [4.69, 9.17) is 5.11 Å². The molecule has 1 saturated carbocycles. The highest BCUT2D eigenvalue weighted by Crippen LogP contribution is 2.38. The van der Waals surface area contributed by atoms with E-state index in [1.54, 1.807) is 12.1 Å². The maximum atomic E-state index is 12.9. The number of amides is 1. The second-order valence-electron chi connectivity index (χ2n) is 5.90. The molecule has 1 aromatic rings. The molecule has 0 saturated heterocycles. The van der Waals surface area contributed by atoms with Crippen molar-refractivity contribution in [2.75, 3.05) is 6.54 Å². The predicted molar refractivity (Wildman–Crippen MR) is 71.7 cm³/mol. The van der Waals surface area contributed by atoms with Crippen LogP contribution in [0, 0.1) is 17.7 Å². The third kappa shape index (κ3) is 3.15. The first-order chi connectivity index (χ1) is 9.31. The first-order valence-corrected chi connectivity index (χ1v) is 6.58. The molecule has 2 N–H and O–H groups in total. The van der Waals surface area contributed by atoms with Crippen molar-refractivity contribution in [2.24, 2.45) is 11.8 Å². The Bertz CT molecular complexity index is 524. The third-order valence-electron chi connectivity index (χ3n) is 3.77. The molecule has 1 aromatic carbocycles. The number of carbonyl (C=O) groups is 2. The number of hydrogen-bond acceptors (Lipinski definition) is 2. The second-order valence-corrected chi connectivity index (χ2v) is 5.90. The molecule has 0 unspecified atom stereocenters. The molecule has 0 radical (unpaired) electrons. The molecule has 0 spiro atoms. The van der Waals surface area contributed by atoms with Gasteiger partial charge in [0.15, 0.2) is 0 Å². The minimum Gasteiger partial charge on any atom is -0.481 e. The van der Waals surface area contributed by atoms with E-state index in [0.717, 1.165) is 5.56 Å². The first kappa shape index (κ1) is 14.5. The van der Waals surface area contributed by atoms with Gasteiger partial charge in [0.1, 0.15) is 5.82 Å². The van der Waals surface area contributed by atoms with Gasteiger partial charge in [-0.2, -0.15) is 0 Å². The van der Waals surface area contributed by atoms with Crippen molar-refractivity contribution in [1.29, 1.82) is 0 Å². The number of halogens is 1. The van der Waals surface area contributed by atoms with E-state index < -0.39 is 17.8 Å². The highest BCUT2D eigenvalue weighted by molar-refractivity contribution is 5.89. The predicted octanol–water partition coefficient (Wildman–Crippen LogP) is 1.94. The van der Waals surface area contributed by atoms with Gasteiger partial charge in [0.05, 0.1) is 11.8 Å². The molecule has 0 heterocycles. The summed E-state index contributed by atoms with van der Waals surface area (Å²) in [4.78, 5) is 22.5. The van der Waals surface area contributed by atoms with Gasteiger partial charge >= 0.3 is 5.97 Å². The van der Waals surface area contributed by atoms with Crippen LogP contribution in [0.5, 0.6) is 0 Å². The molecule has 2 rings (SSSR count). The van der Waals surface area contributed by atoms with E-state index in [0.29, 0.717) is 13.0 Å². The van der Waals surface area contributed by atoms with Crippen LogP contribution in [0.2, 0.25) is 0 Å². The highest BCUT2D eigenvalue weighted by Gasteiger charge is 2.48. The molecule has 0 bridgehead atoms. The Kier molecular flexibility index (Phi) is 3.79. The minimum absolute atomic E-state index is 0.215. The lowest BCUT2D eigenvalue weighted by molar-refractivity contribution is -0.140. The van der Waals surface area contributed by atoms with Crippen LogP contribution in [0.15, 0.2) is 24.3 Å². The average molecular weight is 279 g/mol. The molecular formula is C15H18FNO3. The molecule has 1 amide bonds. The van der Waals surface area contributed by atoms with Crippen molar-refractivity contribution in [2.45, 2.75) is 25.7 Å². The normalized spacial score (nSPS) is 21.4. The Labute approximate surface area is 117 Å². The van der Waals surface area contributed by atoms with Crippen LogP contribution < -0.4 is 5.32 Å². The first-order valence-electron chi connectivity index (χ1n) is 6.58. The molecule has 108 valence electrons. The zero-order valence-corrected chi connectivity index (χ0v) is 11.5. The fourth-order valence-corrected chi connectivity index (χ4v) is 2.20. The Morgan fingerprint density at radius 1 is 1.30 bits per heavy atom. The molecule has 2 atom stereocenters. The summed E-state index contributed by atoms with van der Waals surface area (Å²) in [5.74, 6) is -2.37. The fraction of sp³-hybridized carbons (Fsp3) is 0.467. The number of rotatable bonds is 5. The number of aliphatic carboxylic acids is 1. The summed E-state index contributed by atoms with van der Waals surface area (Å²) in [6.45, 7) is 4.28. The van der Waals surface area contributed by atoms with Gasteiger partial charge in [-0.3, -0.25) is 9.59 Å². The summed E-state index contributed by atoms with van der Waals surface area (Å²) in [6, 6.07) is 6.16. The average Bonchev–Trinajstić information content (AvgIpc) is 3.17. The van der Waals surface area contributed by atoms with E-state index in [1.807, 2.05) is 13.8 Å². The lowest BCUT2D eigenvalue weighted by Crippen LogP contribution is -2.37. The van der Waals surface area contributed by atoms with Crippen molar-refractivity contribution < 1.29 is 19.1 Å². The topological polar surface area (TPSA) is 66.4 Å². The van der Waals surface area contributed by atoms with Crippen LogP contribution >= 0.6 is 0 Å². The van der Waals surface area contributed by atoms with E-state index in [-0.39, 0.29) is 17.1 Å². The molecule has 5 heteroatoms. The van der Waals surface area contributed by atoms with E-state index in [9.17, 15) is 14.0 Å². The summed E-state index contributed by atoms with van der Waals surface area (Å²) in [5.41, 5.74) is 0.585. The second kappa shape index (κ2) is 5.23. The Balaban J connectivity index is 1.91. The van der Waals surface area contributed by atoms with Gasteiger partial charge in [-0.25, -0.2) is 4.39 Å². The molecule has 4 nitrogen and oxygen atoms in total. The number of carboxylic acid groups (broad SMARTS) is 1. The van der Waals surface area contributed by atoms with Gasteiger partial charge in [-0.05, 0) is 24.1 Å². The lowest BCUT2D eigenvalue weighted by atomic mass is 9.84. The number of nitrogens with one attached hydrogen (secondary N) is 1. The molecule has 1 fully saturated rings. The van der Waals surface area contributed by atoms with Gasteiger partial charge in [0.2, 0.25) is 5.91 Å². The SMILES string of the molecule is CC(C)(CNC(=O)[C@@H]1C[C@@H]1C(=O)O)c1ccc(F)cc1. The Morgan fingerprint density at radius 3 is 2.40 bits per heavy atom. The smallest absolute Gasteiger partial charge is 0.307 e. The summed E-state index contributed by atoms with van der Waals surface area (Å²) in [5, 5.41) is 11.6. The van der Waals surface area contributed by atoms with Crippen molar-refractivity contribution in [3.63, 3.8) is 0 Å². The third-order valence-corrected chi connectivity index (χ3v) is 3.77. The lowest BCUT2D eigenvalue weighted by Gasteiger charge is -2.25. The Morgan fingerprint density at radius 2 is 1.90 bits per heavy atom. The van der Waals surface area contributed by atoms with Gasteiger partial charge in [-0.1, -0.05) is 26.0 Å². The quantitative estimate of drug-likeness (QED) is 0.865. The summed E-state index contributed by atoms with van der Waals surface area (Å²) in [6.07, 6.45) is 0.415. The zero-order chi connectivity index (χ0) is 14.9. The minimum atomic E-state index is -0.914. The molecular weight excluding hydrogens is 261 g/mol. The van der Waals surface area contributed by atoms with Crippen molar-refractivity contribution >= 4 is 11.9 Å². The summed E-state index contributed by atoms with van der Waals surface area (Å²) in [7, 11) is 0. The highest BCUT2D eigenvalue weighted by atomic mass is 19.1. The van der Waals surface area contributed by atoms with Gasteiger partial charge in [0, 0.05) is 12.0 Å². The molecule has 20 heavy (non-hydrogen) atoms. The fourth-order valence-electron chi connectivity index (χ4n) is 2.20. The van der Waals surface area contributed by atoms with Crippen molar-refractivity contribution in [3.8, 4) is 0 Å². The summed E-state index contributed by atoms with van der Waals surface area (Å²) < 4.78 is 12.9. The van der Waals surface area contributed by atoms with Gasteiger partial charge in [-0.15, -0.1) is 0 Å². The maximum absolute atomic E-state index is 12.9. The number of benzene rings is 1. The Hall–Kier alpha value is -1.91. The molecule has 1 aliphatic rings. The van der Waals surface area contributed by atoms with Crippen LogP contribution in [0.1, 0.15) is 25.8 Å². The van der Waals surface area contributed by atoms with Crippen LogP contribution in [-0.2, 0) is 15.0 Å². The standard InChI is InChI=1S/C15H18FNO3/c1-15(2,9-3-5-10(16)6-4-9)8-17-13(18)11-7-12(11)14(19)20/h3-6,11-12H,7-8H2,1-2H3,(H,17,18)(H,19,20)/t11-,12+/m1/s1. The van der Waals surface area contributed by atoms with E-state index >= 15 is 0 Å². The monoisotopic (exact) mass is 279 g/mol. The largest absolute Gasteiger partial charge is 0.481 e. The summed E-state index contributed by atoms with van der Waals surface area (Å²) >= 11 is 0. The molecule has 1 aliphatic carbocycles. The van der Waals surface area contributed by atoms with Crippen LogP contribution in [0.4, 0.5) is 4.39 Å². The van der Waals surface area contributed by atoms with E-state index in [1.165, 1.54) is 12.1 Å². The van der Waals surface area contributed by atoms with E-state index in [2.05, 4.69) is 5.32 Å². The van der Waals surface area contributed by atoms with Gasteiger partial charge < -0.3 is 10.4 Å². The zero-order valence-electron chi connectivity index (χ0n) is 11.5. The van der Waals surface area contributed by atoms with Crippen LogP contribution in [-0.4, -0.2) is 23.5 Å². The number of hydrogen-bond donors (Lipinski definition) is 2. The van der Waals surface area contributed by atoms with Crippen LogP contribution in [0.25, 0.3) is 0 Å². The van der Waals surface area contributed by atoms with Crippen molar-refractivity contribution in [3.05, 3.63) is 35.6 Å². The maximum Gasteiger partial charge on any atom is 0.307 e. The van der Waals surface area contributed by atoms with Crippen LogP contribution in [0.3, 0.4) is 0 Å². The van der Waals surface area contributed by atoms with Gasteiger partial charge in [0.25, 0.3) is 0 Å².